The summed E-state index contributed by atoms with van der Waals surface area (Å²) in [5.74, 6) is 0. The van der Waals surface area contributed by atoms with E-state index in [0.29, 0.717) is 0 Å². The summed E-state index contributed by atoms with van der Waals surface area (Å²) in [5.41, 5.74) is 6.24. The van der Waals surface area contributed by atoms with Crippen LogP contribution in [-0.2, 0) is 6.54 Å². The van der Waals surface area contributed by atoms with Gasteiger partial charge in [0.25, 0.3) is 0 Å². The van der Waals surface area contributed by atoms with E-state index < -0.39 is 0 Å². The highest BCUT2D eigenvalue weighted by Crippen LogP contribution is 2.30. The van der Waals surface area contributed by atoms with Crippen LogP contribution in [0.5, 0.6) is 0 Å². The molecule has 2 N–H and O–H groups in total. The van der Waals surface area contributed by atoms with Crippen molar-refractivity contribution in [1.82, 2.24) is 20.2 Å². The predicted octanol–water partition coefficient (Wildman–Crippen LogP) is 0.335. The van der Waals surface area contributed by atoms with Crippen molar-refractivity contribution in [2.75, 3.05) is 0 Å². The molecular formula is C8H15N5. The van der Waals surface area contributed by atoms with Crippen LogP contribution in [0.15, 0.2) is 6.33 Å². The Hall–Kier alpha value is -0.970. The van der Waals surface area contributed by atoms with E-state index in [9.17, 15) is 0 Å². The molecule has 0 aromatic carbocycles. The third-order valence-corrected chi connectivity index (χ3v) is 2.83. The zero-order valence-electron chi connectivity index (χ0n) is 7.69. The van der Waals surface area contributed by atoms with Gasteiger partial charge >= 0.3 is 0 Å². The smallest absolute Gasteiger partial charge is 0.138 e. The van der Waals surface area contributed by atoms with E-state index in [0.717, 1.165) is 25.8 Å². The summed E-state index contributed by atoms with van der Waals surface area (Å²) in [5, 5.41) is 11.0. The van der Waals surface area contributed by atoms with Crippen molar-refractivity contribution in [2.45, 2.75) is 44.2 Å². The average Bonchev–Trinajstić information content (AvgIpc) is 2.72. The first-order chi connectivity index (χ1) is 6.29. The molecular weight excluding hydrogens is 166 g/mol. The molecule has 1 aromatic rings. The zero-order chi connectivity index (χ0) is 9.15. The fraction of sp³-hybridized carbons (Fsp3) is 0.875. The zero-order valence-corrected chi connectivity index (χ0v) is 7.69. The van der Waals surface area contributed by atoms with Crippen molar-refractivity contribution in [3.63, 3.8) is 0 Å². The first kappa shape index (κ1) is 8.62. The van der Waals surface area contributed by atoms with Crippen LogP contribution < -0.4 is 5.73 Å². The quantitative estimate of drug-likeness (QED) is 0.729. The van der Waals surface area contributed by atoms with Gasteiger partial charge in [0.05, 0.1) is 0 Å². The van der Waals surface area contributed by atoms with Crippen molar-refractivity contribution in [1.29, 1.82) is 0 Å². The normalized spacial score (nSPS) is 20.7. The second-order valence-corrected chi connectivity index (χ2v) is 3.89. The van der Waals surface area contributed by atoms with Gasteiger partial charge in [0.15, 0.2) is 0 Å². The summed E-state index contributed by atoms with van der Waals surface area (Å²) in [7, 11) is 0. The molecule has 1 aliphatic carbocycles. The van der Waals surface area contributed by atoms with Crippen LogP contribution in [0.25, 0.3) is 0 Å². The Morgan fingerprint density at radius 1 is 1.38 bits per heavy atom. The van der Waals surface area contributed by atoms with E-state index in [2.05, 4.69) is 15.5 Å². The highest BCUT2D eigenvalue weighted by molar-refractivity contribution is 4.88. The second-order valence-electron chi connectivity index (χ2n) is 3.89. The predicted molar refractivity (Wildman–Crippen MR) is 47.8 cm³/mol. The maximum absolute atomic E-state index is 6.19. The van der Waals surface area contributed by atoms with Crippen molar-refractivity contribution in [3.8, 4) is 0 Å². The third kappa shape index (κ3) is 2.03. The number of nitrogens with two attached hydrogens (primary N) is 1. The van der Waals surface area contributed by atoms with Gasteiger partial charge in [0, 0.05) is 12.1 Å². The minimum absolute atomic E-state index is 0.0476. The number of hydrogen-bond acceptors (Lipinski definition) is 4. The average molecular weight is 181 g/mol. The molecule has 1 aromatic heterocycles. The van der Waals surface area contributed by atoms with Crippen LogP contribution in [0.4, 0.5) is 0 Å². The number of rotatable bonds is 3. The molecule has 1 heterocycles. The lowest BCUT2D eigenvalue weighted by molar-refractivity contribution is 0.365. The molecule has 1 aliphatic rings. The van der Waals surface area contributed by atoms with Crippen LogP contribution >= 0.6 is 0 Å². The Morgan fingerprint density at radius 3 is 2.77 bits per heavy atom. The van der Waals surface area contributed by atoms with Crippen molar-refractivity contribution in [2.24, 2.45) is 5.73 Å². The first-order valence-electron chi connectivity index (χ1n) is 4.78. The molecule has 0 saturated heterocycles. The molecule has 2 rings (SSSR count). The number of nitrogens with zero attached hydrogens (tertiary/aromatic N) is 4. The van der Waals surface area contributed by atoms with Gasteiger partial charge in [0.2, 0.25) is 0 Å². The summed E-state index contributed by atoms with van der Waals surface area (Å²) < 4.78 is 1.74. The summed E-state index contributed by atoms with van der Waals surface area (Å²) in [6.07, 6.45) is 7.46. The van der Waals surface area contributed by atoms with E-state index in [4.69, 9.17) is 5.73 Å². The van der Waals surface area contributed by atoms with Crippen LogP contribution in [0.1, 0.15) is 32.1 Å². The summed E-state index contributed by atoms with van der Waals surface area (Å²) >= 11 is 0. The molecule has 0 spiro atoms. The van der Waals surface area contributed by atoms with E-state index >= 15 is 0 Å². The van der Waals surface area contributed by atoms with Gasteiger partial charge in [-0.25, -0.2) is 4.68 Å². The maximum Gasteiger partial charge on any atom is 0.138 e. The molecule has 13 heavy (non-hydrogen) atoms. The van der Waals surface area contributed by atoms with E-state index in [1.54, 1.807) is 11.0 Å². The van der Waals surface area contributed by atoms with Crippen LogP contribution in [0.2, 0.25) is 0 Å². The van der Waals surface area contributed by atoms with Gasteiger partial charge < -0.3 is 5.73 Å². The minimum Gasteiger partial charge on any atom is -0.325 e. The molecule has 72 valence electrons. The van der Waals surface area contributed by atoms with Gasteiger partial charge in [-0.3, -0.25) is 0 Å². The first-order valence-corrected chi connectivity index (χ1v) is 4.78. The Bertz CT molecular complexity index is 250. The molecule has 1 saturated carbocycles. The van der Waals surface area contributed by atoms with Gasteiger partial charge in [-0.2, -0.15) is 0 Å². The Morgan fingerprint density at radius 2 is 2.15 bits per heavy atom. The molecule has 0 amide bonds. The van der Waals surface area contributed by atoms with Gasteiger partial charge in [-0.15, -0.1) is 5.10 Å². The van der Waals surface area contributed by atoms with Crippen LogP contribution in [0.3, 0.4) is 0 Å². The SMILES string of the molecule is NC1(CCn2cnnn2)CCCC1. The fourth-order valence-corrected chi connectivity index (χ4v) is 1.95. The molecule has 0 radical (unpaired) electrons. The Kier molecular flexibility index (Phi) is 2.26. The molecule has 1 fully saturated rings. The molecule has 0 unspecified atom stereocenters. The summed E-state index contributed by atoms with van der Waals surface area (Å²) in [4.78, 5) is 0. The molecule has 0 atom stereocenters. The molecule has 0 aliphatic heterocycles. The molecule has 5 heteroatoms. The summed E-state index contributed by atoms with van der Waals surface area (Å²) in [6.45, 7) is 0.837. The third-order valence-electron chi connectivity index (χ3n) is 2.83. The number of tetrazole rings is 1. The monoisotopic (exact) mass is 181 g/mol. The van der Waals surface area contributed by atoms with Crippen molar-refractivity contribution in [3.05, 3.63) is 6.33 Å². The van der Waals surface area contributed by atoms with Gasteiger partial charge in [0.1, 0.15) is 6.33 Å². The number of aryl methyl sites for hydroxylation is 1. The minimum atomic E-state index is 0.0476. The van der Waals surface area contributed by atoms with Crippen molar-refractivity contribution >= 4 is 0 Å². The second kappa shape index (κ2) is 3.41. The molecule has 5 nitrogen and oxygen atoms in total. The van der Waals surface area contributed by atoms with Crippen LogP contribution in [0, 0.1) is 0 Å². The Labute approximate surface area is 77.3 Å². The standard InChI is InChI=1S/C8H15N5/c9-8(3-1-2-4-8)5-6-13-7-10-11-12-13/h7H,1-6,9H2. The summed E-state index contributed by atoms with van der Waals surface area (Å²) in [6, 6.07) is 0. The number of aromatic nitrogens is 4. The van der Waals surface area contributed by atoms with E-state index in [1.807, 2.05) is 0 Å². The fourth-order valence-electron chi connectivity index (χ4n) is 1.95. The van der Waals surface area contributed by atoms with E-state index in [1.165, 1.54) is 12.8 Å². The lowest BCUT2D eigenvalue weighted by Gasteiger charge is -2.22. The topological polar surface area (TPSA) is 69.6 Å². The van der Waals surface area contributed by atoms with Gasteiger partial charge in [-0.1, -0.05) is 12.8 Å². The maximum atomic E-state index is 6.19. The molecule has 0 bridgehead atoms. The lowest BCUT2D eigenvalue weighted by atomic mass is 9.95. The lowest BCUT2D eigenvalue weighted by Crippen LogP contribution is -2.37. The van der Waals surface area contributed by atoms with Crippen molar-refractivity contribution < 1.29 is 0 Å². The highest BCUT2D eigenvalue weighted by atomic mass is 15.5. The van der Waals surface area contributed by atoms with Gasteiger partial charge in [-0.05, 0) is 29.7 Å². The number of hydrogen-bond donors (Lipinski definition) is 1. The highest BCUT2D eigenvalue weighted by Gasteiger charge is 2.28. The Balaban J connectivity index is 1.85. The van der Waals surface area contributed by atoms with Crippen LogP contribution in [-0.4, -0.2) is 25.7 Å². The van der Waals surface area contributed by atoms with E-state index in [-0.39, 0.29) is 5.54 Å². The largest absolute Gasteiger partial charge is 0.325 e.